The molecule has 0 aliphatic carbocycles. The van der Waals surface area contributed by atoms with Gasteiger partial charge in [-0.05, 0) is 26.0 Å². The number of rotatable bonds is 11. The Labute approximate surface area is 158 Å². The molecule has 0 amide bonds. The summed E-state index contributed by atoms with van der Waals surface area (Å²) >= 11 is 0. The van der Waals surface area contributed by atoms with Crippen molar-refractivity contribution < 1.29 is 19.1 Å². The molecule has 0 radical (unpaired) electrons. The molecule has 0 unspecified atom stereocenters. The number of hydrogen-bond donors (Lipinski definition) is 0. The third-order valence-corrected chi connectivity index (χ3v) is 10.7. The van der Waals surface area contributed by atoms with Crippen molar-refractivity contribution in [2.75, 3.05) is 31.2 Å². The highest BCUT2D eigenvalue weighted by Crippen LogP contribution is 2.22. The summed E-state index contributed by atoms with van der Waals surface area (Å²) in [7, 11) is -1.44. The Morgan fingerprint density at radius 2 is 1.23 bits per heavy atom. The monoisotopic (exact) mass is 379 g/mol. The standard InChI is InChI=1S/C20H33NO4Si/c1-6-24-19(22)15-21(16-20(23)25-7-2)17-11-13-18(14-12-17)26(8-3,9-4)10-5/h11-14H,6-10,15-16H2,1-5H3. The van der Waals surface area contributed by atoms with Gasteiger partial charge in [-0.1, -0.05) is 56.2 Å². The van der Waals surface area contributed by atoms with E-state index >= 15 is 0 Å². The van der Waals surface area contributed by atoms with Crippen LogP contribution in [0.5, 0.6) is 0 Å². The fourth-order valence-corrected chi connectivity index (χ4v) is 6.95. The van der Waals surface area contributed by atoms with E-state index in [1.165, 1.54) is 23.3 Å². The van der Waals surface area contributed by atoms with Crippen molar-refractivity contribution in [3.63, 3.8) is 0 Å². The van der Waals surface area contributed by atoms with E-state index < -0.39 is 8.07 Å². The van der Waals surface area contributed by atoms with Crippen LogP contribution in [-0.4, -0.2) is 46.3 Å². The van der Waals surface area contributed by atoms with Gasteiger partial charge in [0.2, 0.25) is 0 Å². The average molecular weight is 380 g/mol. The van der Waals surface area contributed by atoms with E-state index in [1.807, 2.05) is 12.1 Å². The molecule has 0 saturated heterocycles. The maximum atomic E-state index is 11.9. The molecule has 6 heteroatoms. The number of esters is 2. The van der Waals surface area contributed by atoms with Crippen molar-refractivity contribution in [3.05, 3.63) is 24.3 Å². The van der Waals surface area contributed by atoms with Gasteiger partial charge in [-0.15, -0.1) is 0 Å². The fraction of sp³-hybridized carbons (Fsp3) is 0.600. The highest BCUT2D eigenvalue weighted by molar-refractivity contribution is 6.91. The number of benzene rings is 1. The quantitative estimate of drug-likeness (QED) is 0.436. The van der Waals surface area contributed by atoms with Gasteiger partial charge < -0.3 is 14.4 Å². The third-order valence-electron chi connectivity index (χ3n) is 5.13. The van der Waals surface area contributed by atoms with Crippen molar-refractivity contribution in [1.82, 2.24) is 0 Å². The van der Waals surface area contributed by atoms with Crippen LogP contribution in [0, 0.1) is 0 Å². The minimum absolute atomic E-state index is 0.0317. The summed E-state index contributed by atoms with van der Waals surface area (Å²) in [6.45, 7) is 11.1. The molecule has 0 aromatic heterocycles. The summed E-state index contributed by atoms with van der Waals surface area (Å²) < 4.78 is 10.1. The predicted molar refractivity (Wildman–Crippen MR) is 109 cm³/mol. The van der Waals surface area contributed by atoms with Crippen LogP contribution in [0.15, 0.2) is 24.3 Å². The molecule has 5 nitrogen and oxygen atoms in total. The number of nitrogens with zero attached hydrogens (tertiary/aromatic N) is 1. The lowest BCUT2D eigenvalue weighted by molar-refractivity contribution is -0.142. The first-order valence-electron chi connectivity index (χ1n) is 9.62. The Balaban J connectivity index is 3.05. The summed E-state index contributed by atoms with van der Waals surface area (Å²) in [5, 5.41) is 1.43. The second kappa shape index (κ2) is 11.0. The molecule has 0 aliphatic heterocycles. The summed E-state index contributed by atoms with van der Waals surface area (Å²) in [4.78, 5) is 25.6. The Kier molecular flexibility index (Phi) is 9.41. The molecule has 26 heavy (non-hydrogen) atoms. The lowest BCUT2D eigenvalue weighted by Gasteiger charge is -2.29. The maximum absolute atomic E-state index is 11.9. The van der Waals surface area contributed by atoms with Gasteiger partial charge in [0.15, 0.2) is 0 Å². The predicted octanol–water partition coefficient (Wildman–Crippen LogP) is 3.33. The summed E-state index contributed by atoms with van der Waals surface area (Å²) in [5.74, 6) is -0.694. The largest absolute Gasteiger partial charge is 0.465 e. The Hall–Kier alpha value is -1.82. The van der Waals surface area contributed by atoms with Crippen molar-refractivity contribution in [1.29, 1.82) is 0 Å². The molecule has 1 rings (SSSR count). The van der Waals surface area contributed by atoms with E-state index in [0.29, 0.717) is 13.2 Å². The van der Waals surface area contributed by atoms with Crippen LogP contribution in [0.3, 0.4) is 0 Å². The minimum atomic E-state index is -1.44. The zero-order valence-electron chi connectivity index (χ0n) is 16.8. The normalized spacial score (nSPS) is 11.1. The van der Waals surface area contributed by atoms with Crippen LogP contribution in [-0.2, 0) is 19.1 Å². The number of carbonyl (C=O) groups excluding carboxylic acids is 2. The molecule has 1 aromatic carbocycles. The van der Waals surface area contributed by atoms with Gasteiger partial charge in [-0.25, -0.2) is 0 Å². The van der Waals surface area contributed by atoms with E-state index in [4.69, 9.17) is 9.47 Å². The molecular weight excluding hydrogens is 346 g/mol. The van der Waals surface area contributed by atoms with Crippen LogP contribution >= 0.6 is 0 Å². The number of carbonyl (C=O) groups is 2. The minimum Gasteiger partial charge on any atom is -0.465 e. The average Bonchev–Trinajstić information content (AvgIpc) is 2.64. The van der Waals surface area contributed by atoms with E-state index in [9.17, 15) is 9.59 Å². The summed E-state index contributed by atoms with van der Waals surface area (Å²) in [5.41, 5.74) is 0.834. The number of hydrogen-bond acceptors (Lipinski definition) is 5. The van der Waals surface area contributed by atoms with Crippen molar-refractivity contribution in [3.8, 4) is 0 Å². The molecule has 0 aliphatic rings. The first-order valence-corrected chi connectivity index (χ1v) is 12.2. The van der Waals surface area contributed by atoms with Crippen molar-refractivity contribution in [2.24, 2.45) is 0 Å². The van der Waals surface area contributed by atoms with Crippen LogP contribution in [0.1, 0.15) is 34.6 Å². The van der Waals surface area contributed by atoms with Gasteiger partial charge in [0.25, 0.3) is 0 Å². The second-order valence-corrected chi connectivity index (χ2v) is 11.6. The summed E-state index contributed by atoms with van der Waals surface area (Å²) in [6.07, 6.45) is 0. The van der Waals surface area contributed by atoms with E-state index in [2.05, 4.69) is 32.9 Å². The van der Waals surface area contributed by atoms with Gasteiger partial charge in [0, 0.05) is 5.69 Å². The second-order valence-electron chi connectivity index (χ2n) is 6.35. The van der Waals surface area contributed by atoms with E-state index in [0.717, 1.165) is 5.69 Å². The van der Waals surface area contributed by atoms with Gasteiger partial charge in [-0.3, -0.25) is 9.59 Å². The molecular formula is C20H33NO4Si. The maximum Gasteiger partial charge on any atom is 0.325 e. The molecule has 0 atom stereocenters. The lowest BCUT2D eigenvalue weighted by Crippen LogP contribution is -2.45. The molecule has 146 valence electrons. The number of anilines is 1. The fourth-order valence-electron chi connectivity index (χ4n) is 3.35. The first kappa shape index (κ1) is 22.2. The molecule has 0 bridgehead atoms. The van der Waals surface area contributed by atoms with Crippen LogP contribution in [0.25, 0.3) is 0 Å². The first-order chi connectivity index (χ1) is 12.5. The van der Waals surface area contributed by atoms with Crippen LogP contribution in [0.2, 0.25) is 18.1 Å². The Morgan fingerprint density at radius 3 is 1.58 bits per heavy atom. The van der Waals surface area contributed by atoms with Gasteiger partial charge >= 0.3 is 11.9 Å². The Bertz CT molecular complexity index is 541. The van der Waals surface area contributed by atoms with Gasteiger partial charge in [0.1, 0.15) is 13.1 Å². The topological polar surface area (TPSA) is 55.8 Å². The van der Waals surface area contributed by atoms with Crippen molar-refractivity contribution in [2.45, 2.75) is 52.8 Å². The molecule has 0 heterocycles. The molecule has 0 fully saturated rings. The van der Waals surface area contributed by atoms with Crippen molar-refractivity contribution >= 4 is 30.9 Å². The third kappa shape index (κ3) is 5.87. The van der Waals surface area contributed by atoms with Crippen LogP contribution in [0.4, 0.5) is 5.69 Å². The van der Waals surface area contributed by atoms with Gasteiger partial charge in [0.05, 0.1) is 21.3 Å². The summed E-state index contributed by atoms with van der Waals surface area (Å²) in [6, 6.07) is 12.0. The lowest BCUT2D eigenvalue weighted by atomic mass is 10.3. The zero-order valence-corrected chi connectivity index (χ0v) is 17.8. The molecule has 0 N–H and O–H groups in total. The van der Waals surface area contributed by atoms with Gasteiger partial charge in [-0.2, -0.15) is 0 Å². The number of ether oxygens (including phenoxy) is 2. The molecule has 0 saturated carbocycles. The van der Waals surface area contributed by atoms with E-state index in [1.54, 1.807) is 18.7 Å². The smallest absolute Gasteiger partial charge is 0.325 e. The highest BCUT2D eigenvalue weighted by atomic mass is 28.3. The van der Waals surface area contributed by atoms with E-state index in [-0.39, 0.29) is 25.0 Å². The zero-order chi connectivity index (χ0) is 19.6. The Morgan fingerprint density at radius 1 is 0.808 bits per heavy atom. The SMILES string of the molecule is CCOC(=O)CN(CC(=O)OCC)c1ccc([Si](CC)(CC)CC)cc1. The van der Waals surface area contributed by atoms with Crippen LogP contribution < -0.4 is 10.1 Å². The molecule has 0 spiro atoms. The molecule has 1 aromatic rings. The highest BCUT2D eigenvalue weighted by Gasteiger charge is 2.29.